The average Bonchev–Trinajstić information content (AvgIpc) is 2.75. The third kappa shape index (κ3) is 4.52. The molecule has 9 heteroatoms. The van der Waals surface area contributed by atoms with Gasteiger partial charge in [0.15, 0.2) is 0 Å². The molecule has 0 unspecified atom stereocenters. The predicted octanol–water partition coefficient (Wildman–Crippen LogP) is 3.83. The molecule has 0 N–H and O–H groups in total. The van der Waals surface area contributed by atoms with Gasteiger partial charge in [-0.05, 0) is 35.4 Å². The largest absolute Gasteiger partial charge is 0.416 e. The standard InChI is InChI=1S/C23H21ClF3N3O2/c1-28-20-9-10-29(12-16-3-2-4-18(24)11-16)14-19(20)21(31)30(22(28)32)13-15-5-7-17(8-6-15)23(25,26)27/h2-8,11H,9-10,12-14H2,1H3. The summed E-state index contributed by atoms with van der Waals surface area (Å²) in [7, 11) is 1.62. The maximum absolute atomic E-state index is 13.2. The number of aromatic nitrogens is 2. The van der Waals surface area contributed by atoms with Crippen molar-refractivity contribution in [2.75, 3.05) is 6.54 Å². The molecule has 0 aliphatic carbocycles. The zero-order chi connectivity index (χ0) is 23.0. The van der Waals surface area contributed by atoms with E-state index in [2.05, 4.69) is 4.90 Å². The number of alkyl halides is 3. The third-order valence-electron chi connectivity index (χ3n) is 5.74. The monoisotopic (exact) mass is 463 g/mol. The van der Waals surface area contributed by atoms with Gasteiger partial charge in [0.25, 0.3) is 5.56 Å². The zero-order valence-corrected chi connectivity index (χ0v) is 18.1. The van der Waals surface area contributed by atoms with Gasteiger partial charge in [0, 0.05) is 43.8 Å². The van der Waals surface area contributed by atoms with E-state index in [-0.39, 0.29) is 6.54 Å². The summed E-state index contributed by atoms with van der Waals surface area (Å²) in [6.45, 7) is 1.59. The maximum atomic E-state index is 13.2. The second-order valence-electron chi connectivity index (χ2n) is 7.94. The Morgan fingerprint density at radius 2 is 1.72 bits per heavy atom. The number of hydrogen-bond donors (Lipinski definition) is 0. The first-order valence-electron chi connectivity index (χ1n) is 10.1. The van der Waals surface area contributed by atoms with E-state index in [1.807, 2.05) is 18.2 Å². The van der Waals surface area contributed by atoms with Gasteiger partial charge in [-0.25, -0.2) is 4.79 Å². The number of nitrogens with zero attached hydrogens (tertiary/aromatic N) is 3. The fourth-order valence-corrected chi connectivity index (χ4v) is 4.28. The van der Waals surface area contributed by atoms with E-state index < -0.39 is 23.0 Å². The van der Waals surface area contributed by atoms with E-state index in [1.54, 1.807) is 13.1 Å². The van der Waals surface area contributed by atoms with E-state index in [1.165, 1.54) is 16.7 Å². The normalized spacial score (nSPS) is 14.4. The highest BCUT2D eigenvalue weighted by molar-refractivity contribution is 6.30. The number of benzene rings is 2. The first-order valence-corrected chi connectivity index (χ1v) is 10.5. The molecule has 5 nitrogen and oxygen atoms in total. The lowest BCUT2D eigenvalue weighted by Gasteiger charge is -2.30. The molecule has 0 bridgehead atoms. The Kier molecular flexibility index (Phi) is 6.01. The van der Waals surface area contributed by atoms with Crippen LogP contribution in [0.2, 0.25) is 5.02 Å². The van der Waals surface area contributed by atoms with E-state index in [9.17, 15) is 22.8 Å². The summed E-state index contributed by atoms with van der Waals surface area (Å²) >= 11 is 6.07. The topological polar surface area (TPSA) is 47.2 Å². The summed E-state index contributed by atoms with van der Waals surface area (Å²) < 4.78 is 41.0. The van der Waals surface area contributed by atoms with Crippen LogP contribution >= 0.6 is 11.6 Å². The van der Waals surface area contributed by atoms with Crippen LogP contribution in [0, 0.1) is 0 Å². The second-order valence-corrected chi connectivity index (χ2v) is 8.38. The van der Waals surface area contributed by atoms with Crippen molar-refractivity contribution in [3.05, 3.63) is 102 Å². The molecule has 32 heavy (non-hydrogen) atoms. The van der Waals surface area contributed by atoms with Gasteiger partial charge in [0.1, 0.15) is 0 Å². The van der Waals surface area contributed by atoms with Gasteiger partial charge < -0.3 is 4.57 Å². The Labute approximate surface area is 187 Å². The van der Waals surface area contributed by atoms with Gasteiger partial charge >= 0.3 is 11.9 Å². The highest BCUT2D eigenvalue weighted by Crippen LogP contribution is 2.29. The van der Waals surface area contributed by atoms with Crippen LogP contribution in [-0.4, -0.2) is 20.6 Å². The van der Waals surface area contributed by atoms with Crippen molar-refractivity contribution in [3.63, 3.8) is 0 Å². The minimum atomic E-state index is -4.44. The smallest absolute Gasteiger partial charge is 0.300 e. The molecule has 3 aromatic rings. The highest BCUT2D eigenvalue weighted by atomic mass is 35.5. The van der Waals surface area contributed by atoms with Gasteiger partial charge in [-0.1, -0.05) is 35.9 Å². The van der Waals surface area contributed by atoms with Crippen LogP contribution in [0.15, 0.2) is 58.1 Å². The van der Waals surface area contributed by atoms with Crippen molar-refractivity contribution in [1.29, 1.82) is 0 Å². The highest BCUT2D eigenvalue weighted by Gasteiger charge is 2.30. The lowest BCUT2D eigenvalue weighted by Crippen LogP contribution is -2.47. The molecule has 2 aromatic carbocycles. The van der Waals surface area contributed by atoms with Gasteiger partial charge in [0.05, 0.1) is 17.7 Å². The van der Waals surface area contributed by atoms with Crippen LogP contribution in [0.5, 0.6) is 0 Å². The van der Waals surface area contributed by atoms with Crippen LogP contribution in [0.25, 0.3) is 0 Å². The molecule has 0 atom stereocenters. The van der Waals surface area contributed by atoms with E-state index in [0.29, 0.717) is 47.9 Å². The minimum absolute atomic E-state index is 0.0920. The summed E-state index contributed by atoms with van der Waals surface area (Å²) in [5, 5.41) is 0.640. The molecular weight excluding hydrogens is 443 g/mol. The van der Waals surface area contributed by atoms with Gasteiger partial charge in [-0.3, -0.25) is 14.3 Å². The fourth-order valence-electron chi connectivity index (χ4n) is 4.07. The van der Waals surface area contributed by atoms with Crippen molar-refractivity contribution >= 4 is 11.6 Å². The lowest BCUT2D eigenvalue weighted by molar-refractivity contribution is -0.137. The first-order chi connectivity index (χ1) is 15.1. The van der Waals surface area contributed by atoms with E-state index in [0.717, 1.165) is 22.3 Å². The Morgan fingerprint density at radius 1 is 1.00 bits per heavy atom. The molecular formula is C23H21ClF3N3O2. The number of rotatable bonds is 4. The molecule has 1 aromatic heterocycles. The van der Waals surface area contributed by atoms with Gasteiger partial charge in [-0.15, -0.1) is 0 Å². The molecule has 0 radical (unpaired) electrons. The fraction of sp³-hybridized carbons (Fsp3) is 0.304. The molecule has 0 amide bonds. The quantitative estimate of drug-likeness (QED) is 0.591. The maximum Gasteiger partial charge on any atom is 0.416 e. The Balaban J connectivity index is 1.63. The summed E-state index contributed by atoms with van der Waals surface area (Å²) in [5.74, 6) is 0. The Bertz CT molecular complexity index is 1260. The summed E-state index contributed by atoms with van der Waals surface area (Å²) in [6, 6.07) is 12.0. The van der Waals surface area contributed by atoms with Crippen LogP contribution in [0.1, 0.15) is 27.9 Å². The van der Waals surface area contributed by atoms with Crippen molar-refractivity contribution in [3.8, 4) is 0 Å². The predicted molar refractivity (Wildman–Crippen MR) is 116 cm³/mol. The molecule has 0 fully saturated rings. The zero-order valence-electron chi connectivity index (χ0n) is 17.3. The van der Waals surface area contributed by atoms with Crippen LogP contribution < -0.4 is 11.2 Å². The molecule has 4 rings (SSSR count). The summed E-state index contributed by atoms with van der Waals surface area (Å²) in [5.41, 5.74) is 1.05. The number of halogens is 4. The number of fused-ring (bicyclic) bond motifs is 1. The van der Waals surface area contributed by atoms with Crippen LogP contribution in [-0.2, 0) is 39.3 Å². The summed E-state index contributed by atoms with van der Waals surface area (Å²) in [4.78, 5) is 28.1. The minimum Gasteiger partial charge on any atom is -0.300 e. The molecule has 168 valence electrons. The van der Waals surface area contributed by atoms with Crippen molar-refractivity contribution in [2.24, 2.45) is 7.05 Å². The molecule has 0 saturated heterocycles. The average molecular weight is 464 g/mol. The third-order valence-corrected chi connectivity index (χ3v) is 5.97. The van der Waals surface area contributed by atoms with Gasteiger partial charge in [0.2, 0.25) is 0 Å². The Hall–Kier alpha value is -2.84. The molecule has 1 aliphatic heterocycles. The van der Waals surface area contributed by atoms with Crippen LogP contribution in [0.4, 0.5) is 13.2 Å². The molecule has 0 spiro atoms. The first kappa shape index (κ1) is 22.4. The van der Waals surface area contributed by atoms with Crippen LogP contribution in [0.3, 0.4) is 0 Å². The molecule has 1 aliphatic rings. The lowest BCUT2D eigenvalue weighted by atomic mass is 10.1. The summed E-state index contributed by atoms with van der Waals surface area (Å²) in [6.07, 6.45) is -3.89. The molecule has 0 saturated carbocycles. The van der Waals surface area contributed by atoms with E-state index >= 15 is 0 Å². The van der Waals surface area contributed by atoms with E-state index in [4.69, 9.17) is 11.6 Å². The van der Waals surface area contributed by atoms with Crippen molar-refractivity contribution < 1.29 is 13.2 Å². The van der Waals surface area contributed by atoms with Crippen molar-refractivity contribution in [1.82, 2.24) is 14.0 Å². The second kappa shape index (κ2) is 8.60. The number of hydrogen-bond acceptors (Lipinski definition) is 3. The SMILES string of the molecule is Cn1c2c(c(=O)n(Cc3ccc(C(F)(F)F)cc3)c1=O)CN(Cc1cccc(Cl)c1)CC2. The van der Waals surface area contributed by atoms with Crippen molar-refractivity contribution in [2.45, 2.75) is 32.2 Å². The van der Waals surface area contributed by atoms with Gasteiger partial charge in [-0.2, -0.15) is 13.2 Å². The molecule has 2 heterocycles. The Morgan fingerprint density at radius 3 is 2.38 bits per heavy atom.